The van der Waals surface area contributed by atoms with E-state index in [4.69, 9.17) is 23.7 Å². The van der Waals surface area contributed by atoms with Gasteiger partial charge in [0.05, 0.1) is 18.6 Å². The molecule has 3 heterocycles. The van der Waals surface area contributed by atoms with E-state index in [0.717, 1.165) is 46.6 Å². The second-order valence-electron chi connectivity index (χ2n) is 11.0. The van der Waals surface area contributed by atoms with E-state index in [1.54, 1.807) is 19.2 Å². The third kappa shape index (κ3) is 3.62. The van der Waals surface area contributed by atoms with Gasteiger partial charge >= 0.3 is 0 Å². The first-order valence-corrected chi connectivity index (χ1v) is 12.5. The summed E-state index contributed by atoms with van der Waals surface area (Å²) in [4.78, 5) is 0. The van der Waals surface area contributed by atoms with Gasteiger partial charge in [0.25, 0.3) is 0 Å². The van der Waals surface area contributed by atoms with E-state index in [9.17, 15) is 5.11 Å². The topological polar surface area (TPSA) is 66.4 Å². The summed E-state index contributed by atoms with van der Waals surface area (Å²) in [6.45, 7) is 8.70. The summed E-state index contributed by atoms with van der Waals surface area (Å²) in [5, 5.41) is 10.9. The zero-order valence-corrected chi connectivity index (χ0v) is 21.4. The molecule has 3 aliphatic rings. The Hall–Kier alpha value is -3.54. The van der Waals surface area contributed by atoms with Gasteiger partial charge in [-0.25, -0.2) is 0 Å². The molecule has 6 rings (SSSR count). The lowest BCUT2D eigenvalue weighted by molar-refractivity contribution is 0.00774. The van der Waals surface area contributed by atoms with Crippen LogP contribution in [0.25, 0.3) is 0 Å². The van der Waals surface area contributed by atoms with Gasteiger partial charge in [0.2, 0.25) is 0 Å². The predicted molar refractivity (Wildman–Crippen MR) is 136 cm³/mol. The van der Waals surface area contributed by atoms with Gasteiger partial charge < -0.3 is 28.8 Å². The fraction of sp³-hybridized carbons (Fsp3) is 0.400. The average molecular weight is 489 g/mol. The summed E-state index contributed by atoms with van der Waals surface area (Å²) < 4.78 is 31.4. The Kier molecular flexibility index (Phi) is 5.08. The first-order valence-electron chi connectivity index (χ1n) is 12.5. The molecule has 6 heteroatoms. The lowest BCUT2D eigenvalue weighted by atomic mass is 9.76. The maximum atomic E-state index is 10.9. The molecule has 3 aromatic carbocycles. The van der Waals surface area contributed by atoms with E-state index in [2.05, 4.69) is 27.7 Å². The Bertz CT molecular complexity index is 1330. The van der Waals surface area contributed by atoms with Crippen molar-refractivity contribution >= 4 is 0 Å². The van der Waals surface area contributed by atoms with Crippen LogP contribution in [-0.2, 0) is 13.0 Å². The highest BCUT2D eigenvalue weighted by atomic mass is 16.5. The zero-order valence-electron chi connectivity index (χ0n) is 21.4. The van der Waals surface area contributed by atoms with Gasteiger partial charge in [-0.1, -0.05) is 30.3 Å². The molecule has 1 N–H and O–H groups in total. The molecule has 0 saturated carbocycles. The molecule has 2 unspecified atom stereocenters. The van der Waals surface area contributed by atoms with Crippen molar-refractivity contribution in [3.8, 4) is 34.5 Å². The van der Waals surface area contributed by atoms with Crippen molar-refractivity contribution in [3.05, 3.63) is 70.8 Å². The highest BCUT2D eigenvalue weighted by Gasteiger charge is 2.53. The van der Waals surface area contributed by atoms with E-state index in [1.807, 2.05) is 36.4 Å². The van der Waals surface area contributed by atoms with Gasteiger partial charge in [-0.15, -0.1) is 0 Å². The standard InChI is InChI=1S/C30H32O6/c1-29(2)12-11-18-22(35-29)15-24(32-5)25-27(18)36-30(3,4)26-19-13-20(31)23(14-21(19)34-28(25)26)33-16-17-9-7-6-8-10-17/h6-10,13-15,26,28,31H,11-12,16H2,1-5H3. The number of hydrogen-bond acceptors (Lipinski definition) is 6. The maximum Gasteiger partial charge on any atom is 0.165 e. The predicted octanol–water partition coefficient (Wildman–Crippen LogP) is 6.47. The lowest BCUT2D eigenvalue weighted by Crippen LogP contribution is -2.43. The summed E-state index contributed by atoms with van der Waals surface area (Å²) in [5.74, 6) is 3.32. The van der Waals surface area contributed by atoms with Crippen LogP contribution in [0.3, 0.4) is 0 Å². The highest BCUT2D eigenvalue weighted by molar-refractivity contribution is 5.64. The number of fused-ring (bicyclic) bond motifs is 7. The van der Waals surface area contributed by atoms with Crippen LogP contribution in [0.2, 0.25) is 0 Å². The van der Waals surface area contributed by atoms with E-state index < -0.39 is 5.60 Å². The first kappa shape index (κ1) is 22.9. The largest absolute Gasteiger partial charge is 0.504 e. The molecule has 0 radical (unpaired) electrons. The van der Waals surface area contributed by atoms with E-state index >= 15 is 0 Å². The van der Waals surface area contributed by atoms with Gasteiger partial charge in [-0.2, -0.15) is 0 Å². The molecule has 3 aliphatic heterocycles. The van der Waals surface area contributed by atoms with Crippen molar-refractivity contribution < 1.29 is 28.8 Å². The van der Waals surface area contributed by atoms with Crippen molar-refractivity contribution in [1.82, 2.24) is 0 Å². The molecule has 2 atom stereocenters. The number of phenolic OH excluding ortho intramolecular Hbond substituents is 1. The molecule has 6 nitrogen and oxygen atoms in total. The molecule has 188 valence electrons. The summed E-state index contributed by atoms with van der Waals surface area (Å²) in [6, 6.07) is 15.4. The molecule has 0 aliphatic carbocycles. The Morgan fingerprint density at radius 2 is 1.72 bits per heavy atom. The molecule has 0 spiro atoms. The molecule has 3 aromatic rings. The fourth-order valence-corrected chi connectivity index (χ4v) is 5.75. The normalized spacial score (nSPS) is 22.0. The number of aromatic hydroxyl groups is 1. The SMILES string of the molecule is COc1cc2c(c3c1C1Oc4cc(OCc5ccccc5)c(O)cc4C1C(C)(C)O3)CCC(C)(C)O2. The monoisotopic (exact) mass is 488 g/mol. The Labute approximate surface area is 211 Å². The molecule has 0 bridgehead atoms. The van der Waals surface area contributed by atoms with Crippen LogP contribution in [0.1, 0.15) is 68.4 Å². The van der Waals surface area contributed by atoms with Gasteiger partial charge in [-0.05, 0) is 52.2 Å². The Morgan fingerprint density at radius 1 is 0.972 bits per heavy atom. The first-order chi connectivity index (χ1) is 17.2. The van der Waals surface area contributed by atoms with E-state index in [0.29, 0.717) is 23.9 Å². The maximum absolute atomic E-state index is 10.9. The van der Waals surface area contributed by atoms with Crippen LogP contribution in [0, 0.1) is 0 Å². The number of methoxy groups -OCH3 is 1. The smallest absolute Gasteiger partial charge is 0.165 e. The minimum atomic E-state index is -0.588. The van der Waals surface area contributed by atoms with Crippen LogP contribution in [0.4, 0.5) is 0 Å². The lowest BCUT2D eigenvalue weighted by Gasteiger charge is -2.44. The molecule has 0 aromatic heterocycles. The molecule has 0 fully saturated rings. The van der Waals surface area contributed by atoms with Gasteiger partial charge in [0, 0.05) is 23.3 Å². The van der Waals surface area contributed by atoms with Crippen molar-refractivity contribution in [3.63, 3.8) is 0 Å². The fourth-order valence-electron chi connectivity index (χ4n) is 5.75. The molecule has 0 amide bonds. The molecular weight excluding hydrogens is 456 g/mol. The summed E-state index contributed by atoms with van der Waals surface area (Å²) in [7, 11) is 1.66. The van der Waals surface area contributed by atoms with Gasteiger partial charge in [0.1, 0.15) is 46.9 Å². The minimum Gasteiger partial charge on any atom is -0.504 e. The number of benzene rings is 3. The van der Waals surface area contributed by atoms with Crippen LogP contribution < -0.4 is 23.7 Å². The number of phenols is 1. The quantitative estimate of drug-likeness (QED) is 0.454. The van der Waals surface area contributed by atoms with Gasteiger partial charge in [0.15, 0.2) is 11.5 Å². The zero-order chi connectivity index (χ0) is 25.2. The van der Waals surface area contributed by atoms with Crippen LogP contribution >= 0.6 is 0 Å². The van der Waals surface area contributed by atoms with Crippen LogP contribution in [0.5, 0.6) is 34.5 Å². The minimum absolute atomic E-state index is 0.0866. The molecule has 0 saturated heterocycles. The molecule has 36 heavy (non-hydrogen) atoms. The number of hydrogen-bond donors (Lipinski definition) is 1. The van der Waals surface area contributed by atoms with Crippen molar-refractivity contribution in [2.75, 3.05) is 7.11 Å². The number of ether oxygens (including phenoxy) is 5. The van der Waals surface area contributed by atoms with Crippen molar-refractivity contribution in [2.45, 2.75) is 70.4 Å². The Balaban J connectivity index is 1.40. The summed E-state index contributed by atoms with van der Waals surface area (Å²) in [5.41, 5.74) is 3.05. The third-order valence-electron chi connectivity index (χ3n) is 7.55. The Morgan fingerprint density at radius 3 is 2.47 bits per heavy atom. The van der Waals surface area contributed by atoms with Crippen molar-refractivity contribution in [1.29, 1.82) is 0 Å². The van der Waals surface area contributed by atoms with E-state index in [1.165, 1.54) is 0 Å². The molecular formula is C30H32O6. The van der Waals surface area contributed by atoms with E-state index in [-0.39, 0.29) is 23.4 Å². The number of rotatable bonds is 4. The summed E-state index contributed by atoms with van der Waals surface area (Å²) in [6.07, 6.45) is 1.43. The van der Waals surface area contributed by atoms with Gasteiger partial charge in [-0.3, -0.25) is 0 Å². The second kappa shape index (κ2) is 7.99. The van der Waals surface area contributed by atoms with Crippen LogP contribution in [0.15, 0.2) is 48.5 Å². The third-order valence-corrected chi connectivity index (χ3v) is 7.55. The van der Waals surface area contributed by atoms with Crippen LogP contribution in [-0.4, -0.2) is 23.4 Å². The average Bonchev–Trinajstić information content (AvgIpc) is 3.20. The summed E-state index contributed by atoms with van der Waals surface area (Å²) >= 11 is 0. The highest BCUT2D eigenvalue weighted by Crippen LogP contribution is 2.62. The van der Waals surface area contributed by atoms with Crippen molar-refractivity contribution in [2.24, 2.45) is 0 Å². The second-order valence-corrected chi connectivity index (χ2v) is 11.0.